The second kappa shape index (κ2) is 10.8. The van der Waals surface area contributed by atoms with Crippen molar-refractivity contribution in [2.75, 3.05) is 36.1 Å². The Morgan fingerprint density at radius 2 is 2.03 bits per heavy atom. The van der Waals surface area contributed by atoms with E-state index >= 15 is 0 Å². The number of aromatic amines is 1. The van der Waals surface area contributed by atoms with Gasteiger partial charge in [-0.25, -0.2) is 4.98 Å². The Morgan fingerprint density at radius 1 is 1.31 bits per heavy atom. The number of ether oxygens (including phenoxy) is 1. The molecule has 10 nitrogen and oxygen atoms in total. The van der Waals surface area contributed by atoms with Crippen LogP contribution < -0.4 is 20.9 Å². The fourth-order valence-corrected chi connectivity index (χ4v) is 3.98. The number of nitrogens with zero attached hydrogens (tertiary/aromatic N) is 5. The number of carbonyl (C=O) groups excluding carboxylic acids is 1. The first-order chi connectivity index (χ1) is 16.8. The lowest BCUT2D eigenvalue weighted by Crippen LogP contribution is -2.63. The van der Waals surface area contributed by atoms with Crippen LogP contribution in [0.4, 0.5) is 24.9 Å². The van der Waals surface area contributed by atoms with Crippen LogP contribution in [0.1, 0.15) is 34.1 Å². The van der Waals surface area contributed by atoms with E-state index in [0.717, 1.165) is 11.8 Å². The Balaban J connectivity index is 0.000000444. The summed E-state index contributed by atoms with van der Waals surface area (Å²) in [4.78, 5) is 48.5. The lowest BCUT2D eigenvalue weighted by Gasteiger charge is -2.47. The van der Waals surface area contributed by atoms with Gasteiger partial charge in [0.15, 0.2) is 5.78 Å². The summed E-state index contributed by atoms with van der Waals surface area (Å²) in [6.07, 6.45) is -2.12. The summed E-state index contributed by atoms with van der Waals surface area (Å²) in [5, 5.41) is 0. The third-order valence-electron chi connectivity index (χ3n) is 6.46. The van der Waals surface area contributed by atoms with E-state index in [1.165, 1.54) is 29.2 Å². The monoisotopic (exact) mass is 512 g/mol. The molecule has 2 aliphatic heterocycles. The van der Waals surface area contributed by atoms with Crippen LogP contribution in [-0.4, -0.2) is 69.4 Å². The normalized spacial score (nSPS) is 22.1. The van der Waals surface area contributed by atoms with Crippen LogP contribution in [0.15, 0.2) is 34.2 Å². The summed E-state index contributed by atoms with van der Waals surface area (Å²) < 4.78 is 48.8. The highest BCUT2D eigenvalue weighted by atomic mass is 19.4. The summed E-state index contributed by atoms with van der Waals surface area (Å²) >= 11 is 0. The molecule has 4 rings (SSSR count). The van der Waals surface area contributed by atoms with Gasteiger partial charge in [0.2, 0.25) is 5.95 Å². The Hall–Kier alpha value is -3.22. The van der Waals surface area contributed by atoms with E-state index in [0.29, 0.717) is 25.6 Å². The van der Waals surface area contributed by atoms with Gasteiger partial charge in [0.05, 0.1) is 32.1 Å². The van der Waals surface area contributed by atoms with Crippen molar-refractivity contribution in [1.82, 2.24) is 19.5 Å². The van der Waals surface area contributed by atoms with E-state index in [9.17, 15) is 27.6 Å². The molecule has 198 valence electrons. The number of halogens is 3. The first-order valence-corrected chi connectivity index (χ1v) is 11.7. The van der Waals surface area contributed by atoms with Gasteiger partial charge in [-0.05, 0) is 20.3 Å². The average molecular weight is 513 g/mol. The van der Waals surface area contributed by atoms with Gasteiger partial charge in [-0.3, -0.25) is 19.0 Å². The number of alkyl halides is 3. The van der Waals surface area contributed by atoms with Gasteiger partial charge in [-0.15, -0.1) is 0 Å². The number of H-pyrrole nitrogens is 1. The Labute approximate surface area is 206 Å². The molecule has 0 bridgehead atoms. The van der Waals surface area contributed by atoms with Crippen molar-refractivity contribution in [3.05, 3.63) is 45.4 Å². The van der Waals surface area contributed by atoms with E-state index in [1.807, 2.05) is 11.8 Å². The van der Waals surface area contributed by atoms with E-state index in [2.05, 4.69) is 15.0 Å². The van der Waals surface area contributed by atoms with Crippen LogP contribution >= 0.6 is 0 Å². The molecule has 2 atom stereocenters. The maximum absolute atomic E-state index is 14.0. The van der Waals surface area contributed by atoms with Crippen molar-refractivity contribution in [1.29, 1.82) is 0 Å². The highest BCUT2D eigenvalue weighted by Gasteiger charge is 2.57. The first-order valence-electron chi connectivity index (χ1n) is 11.7. The van der Waals surface area contributed by atoms with Crippen molar-refractivity contribution < 1.29 is 22.7 Å². The van der Waals surface area contributed by atoms with Crippen LogP contribution in [0.2, 0.25) is 0 Å². The Morgan fingerprint density at radius 3 is 2.56 bits per heavy atom. The molecule has 0 aromatic carbocycles. The molecular formula is C23H31F3N6O4. The maximum atomic E-state index is 14.0. The summed E-state index contributed by atoms with van der Waals surface area (Å²) in [6, 6.07) is 2.64. The van der Waals surface area contributed by atoms with Crippen LogP contribution in [-0.2, 0) is 16.1 Å². The quantitative estimate of drug-likeness (QED) is 0.662. The van der Waals surface area contributed by atoms with E-state index in [-0.39, 0.29) is 36.3 Å². The lowest BCUT2D eigenvalue weighted by atomic mass is 9.91. The van der Waals surface area contributed by atoms with Gasteiger partial charge in [-0.1, -0.05) is 13.8 Å². The minimum atomic E-state index is -4.59. The molecule has 0 aliphatic carbocycles. The van der Waals surface area contributed by atoms with E-state index in [4.69, 9.17) is 4.74 Å². The fraction of sp³-hybridized carbons (Fsp3) is 0.609. The third kappa shape index (κ3) is 5.77. The molecule has 13 heteroatoms. The summed E-state index contributed by atoms with van der Waals surface area (Å²) in [5.41, 5.74) is -2.82. The molecular weight excluding hydrogens is 481 g/mol. The zero-order valence-electron chi connectivity index (χ0n) is 20.7. The van der Waals surface area contributed by atoms with Crippen molar-refractivity contribution in [2.45, 2.75) is 58.4 Å². The number of carbonyl (C=O) groups is 1. The highest BCUT2D eigenvalue weighted by molar-refractivity contribution is 5.85. The van der Waals surface area contributed by atoms with Crippen molar-refractivity contribution in [3.63, 3.8) is 0 Å². The summed E-state index contributed by atoms with van der Waals surface area (Å²) in [5.74, 6) is -0.568. The zero-order chi connectivity index (χ0) is 26.7. The number of hydrogen-bond donors (Lipinski definition) is 1. The number of fused-ring (bicyclic) bond motifs is 1. The average Bonchev–Trinajstić information content (AvgIpc) is 2.81. The van der Waals surface area contributed by atoms with E-state index in [1.54, 1.807) is 13.8 Å². The first kappa shape index (κ1) is 27.4. The molecule has 0 unspecified atom stereocenters. The van der Waals surface area contributed by atoms with E-state index < -0.39 is 29.7 Å². The fourth-order valence-electron chi connectivity index (χ4n) is 3.98. The van der Waals surface area contributed by atoms with Gasteiger partial charge >= 0.3 is 6.18 Å². The second-order valence-electron chi connectivity index (χ2n) is 9.35. The van der Waals surface area contributed by atoms with Crippen LogP contribution in [0, 0.1) is 5.92 Å². The maximum Gasteiger partial charge on any atom is 0.411 e. The SMILES string of the molecule is CC(C)C(=O)CN1c2nc(N3CCOC[C@H]3C)cc(=O)n2CC[C@@]1(C)C(F)(F)F.O=c1ccnc[nH]1. The van der Waals surface area contributed by atoms with Crippen molar-refractivity contribution >= 4 is 17.5 Å². The number of nitrogens with one attached hydrogen (secondary N) is 1. The second-order valence-corrected chi connectivity index (χ2v) is 9.35. The van der Waals surface area contributed by atoms with Gasteiger partial charge in [-0.2, -0.15) is 18.2 Å². The largest absolute Gasteiger partial charge is 0.411 e. The molecule has 2 aliphatic rings. The number of hydrogen-bond acceptors (Lipinski definition) is 8. The lowest BCUT2D eigenvalue weighted by molar-refractivity contribution is -0.187. The minimum absolute atomic E-state index is 0.0676. The topological polar surface area (TPSA) is 113 Å². The van der Waals surface area contributed by atoms with Gasteiger partial charge in [0.1, 0.15) is 11.4 Å². The smallest absolute Gasteiger partial charge is 0.377 e. The number of morpholine rings is 1. The predicted octanol–water partition coefficient (Wildman–Crippen LogP) is 1.99. The molecule has 0 radical (unpaired) electrons. The van der Waals surface area contributed by atoms with Crippen LogP contribution in [0.3, 0.4) is 0 Å². The third-order valence-corrected chi connectivity index (χ3v) is 6.46. The number of ketones is 1. The molecule has 4 heterocycles. The molecule has 2 aromatic heterocycles. The molecule has 0 amide bonds. The van der Waals surface area contributed by atoms with Crippen molar-refractivity contribution in [3.8, 4) is 0 Å². The number of rotatable bonds is 4. The summed E-state index contributed by atoms with van der Waals surface area (Å²) in [7, 11) is 0. The molecule has 1 N–H and O–H groups in total. The van der Waals surface area contributed by atoms with Crippen LogP contribution in [0.25, 0.3) is 0 Å². The van der Waals surface area contributed by atoms with Gasteiger partial charge in [0, 0.05) is 37.3 Å². The predicted molar refractivity (Wildman–Crippen MR) is 127 cm³/mol. The zero-order valence-corrected chi connectivity index (χ0v) is 20.7. The van der Waals surface area contributed by atoms with Crippen LogP contribution in [0.5, 0.6) is 0 Å². The standard InChI is InChI=1S/C19H27F3N4O3.C4H4N2O/c1-12(2)14(27)10-26-17-23-15(24-7-8-29-11-13(24)3)9-16(28)25(17)6-5-18(26,4)19(20,21)22;7-4-1-2-5-3-6-4/h9,12-13H,5-8,10-11H2,1-4H3;1-3H,(H,5,6,7)/t13-,18+;/m1./s1. The number of Topliss-reactive ketones (excluding diaryl/α,β-unsaturated/α-hetero) is 1. The minimum Gasteiger partial charge on any atom is -0.377 e. The highest BCUT2D eigenvalue weighted by Crippen LogP contribution is 2.43. The number of anilines is 2. The van der Waals surface area contributed by atoms with Gasteiger partial charge in [0.25, 0.3) is 11.1 Å². The molecule has 2 aromatic rings. The molecule has 1 fully saturated rings. The molecule has 0 spiro atoms. The van der Waals surface area contributed by atoms with Gasteiger partial charge < -0.3 is 19.5 Å². The van der Waals surface area contributed by atoms with Crippen molar-refractivity contribution in [2.24, 2.45) is 5.92 Å². The summed E-state index contributed by atoms with van der Waals surface area (Å²) in [6.45, 7) is 7.06. The molecule has 1 saturated heterocycles. The molecule has 36 heavy (non-hydrogen) atoms. The Kier molecular flexibility index (Phi) is 8.22. The number of aromatic nitrogens is 4. The Bertz CT molecular complexity index is 1160. The molecule has 0 saturated carbocycles.